The molecule has 236 valence electrons. The molecule has 13 heteroatoms. The molecule has 1 heterocycles. The summed E-state index contributed by atoms with van der Waals surface area (Å²) in [5.41, 5.74) is 17.2. The Kier molecular flexibility index (Phi) is 16.5. The zero-order chi connectivity index (χ0) is 31.1. The fourth-order valence-corrected chi connectivity index (χ4v) is 4.81. The van der Waals surface area contributed by atoms with Gasteiger partial charge in [-0.15, -0.1) is 0 Å². The summed E-state index contributed by atoms with van der Waals surface area (Å²) in [4.78, 5) is 66.1. The van der Waals surface area contributed by atoms with E-state index >= 15 is 0 Å². The van der Waals surface area contributed by atoms with Crippen LogP contribution in [0.5, 0.6) is 0 Å². The van der Waals surface area contributed by atoms with E-state index in [-0.39, 0.29) is 18.3 Å². The molecule has 1 fully saturated rings. The van der Waals surface area contributed by atoms with Crippen molar-refractivity contribution in [2.75, 3.05) is 19.6 Å². The average Bonchev–Trinajstić information content (AvgIpc) is 3.43. The van der Waals surface area contributed by atoms with Crippen LogP contribution < -0.4 is 33.2 Å². The number of unbranched alkanes of at least 4 members (excludes halogenated alkanes) is 2. The minimum atomic E-state index is -1.14. The average molecular weight is 584 g/mol. The molecular weight excluding hydrogens is 530 g/mol. The van der Waals surface area contributed by atoms with Crippen LogP contribution >= 0.6 is 0 Å². The standard InChI is InChI=1S/C28H53N7O6/c1-5-18(4)22(31)26(38)32-19(11-6-8-14-29)24(36)34-23(17(2)3)27(39)35-16-10-13-21(35)25(37)33-20(28(40)41)12-7-9-15-30/h17-23H,5-16,29-31H2,1-4H3,(H,32,38)(H,33,37)(H,34,36)(H,40,41)/t18-,19-,20-,21-,22-,23-/m0/s1. The Bertz CT molecular complexity index is 871. The van der Waals surface area contributed by atoms with Gasteiger partial charge in [0.25, 0.3) is 0 Å². The zero-order valence-electron chi connectivity index (χ0n) is 25.2. The van der Waals surface area contributed by atoms with Gasteiger partial charge in [-0.1, -0.05) is 34.1 Å². The van der Waals surface area contributed by atoms with E-state index in [1.54, 1.807) is 13.8 Å². The summed E-state index contributed by atoms with van der Waals surface area (Å²) in [6.07, 6.45) is 4.67. The SMILES string of the molecule is CC[C@H](C)[C@H](N)C(=O)N[C@@H](CCCCN)C(=O)N[C@H](C(=O)N1CCC[C@H]1C(=O)N[C@@H](CCCCN)C(=O)O)C(C)C. The van der Waals surface area contributed by atoms with Crippen molar-refractivity contribution < 1.29 is 29.1 Å². The van der Waals surface area contributed by atoms with Crippen molar-refractivity contribution in [2.24, 2.45) is 29.0 Å². The summed E-state index contributed by atoms with van der Waals surface area (Å²) in [7, 11) is 0. The number of aliphatic carboxylic acids is 1. The monoisotopic (exact) mass is 583 g/mol. The Balaban J connectivity index is 3.03. The molecule has 41 heavy (non-hydrogen) atoms. The normalized spacial score (nSPS) is 18.7. The van der Waals surface area contributed by atoms with Crippen molar-refractivity contribution in [3.05, 3.63) is 0 Å². The van der Waals surface area contributed by atoms with E-state index in [0.29, 0.717) is 71.0 Å². The minimum Gasteiger partial charge on any atom is -0.480 e. The smallest absolute Gasteiger partial charge is 0.326 e. The third-order valence-corrected chi connectivity index (χ3v) is 7.77. The van der Waals surface area contributed by atoms with E-state index in [2.05, 4.69) is 16.0 Å². The Morgan fingerprint density at radius 1 is 0.878 bits per heavy atom. The molecule has 6 atom stereocenters. The number of carboxylic acids is 1. The van der Waals surface area contributed by atoms with Gasteiger partial charge in [-0.25, -0.2) is 4.79 Å². The molecule has 13 nitrogen and oxygen atoms in total. The molecule has 1 aliphatic heterocycles. The zero-order valence-corrected chi connectivity index (χ0v) is 25.2. The molecule has 0 aromatic rings. The number of nitrogens with one attached hydrogen (secondary N) is 3. The van der Waals surface area contributed by atoms with E-state index in [1.807, 2.05) is 13.8 Å². The van der Waals surface area contributed by atoms with Gasteiger partial charge in [0.2, 0.25) is 23.6 Å². The van der Waals surface area contributed by atoms with Crippen LogP contribution in [0.15, 0.2) is 0 Å². The maximum atomic E-state index is 13.7. The third kappa shape index (κ3) is 11.6. The van der Waals surface area contributed by atoms with Crippen LogP contribution in [-0.4, -0.2) is 89.4 Å². The lowest BCUT2D eigenvalue weighted by molar-refractivity contribution is -0.145. The number of likely N-dealkylation sites (tertiary alicyclic amines) is 1. The number of rotatable bonds is 19. The van der Waals surface area contributed by atoms with Gasteiger partial charge in [-0.2, -0.15) is 0 Å². The minimum absolute atomic E-state index is 0.0765. The highest BCUT2D eigenvalue weighted by molar-refractivity contribution is 5.95. The van der Waals surface area contributed by atoms with Gasteiger partial charge >= 0.3 is 5.97 Å². The fourth-order valence-electron chi connectivity index (χ4n) is 4.81. The van der Waals surface area contributed by atoms with Gasteiger partial charge in [0.15, 0.2) is 0 Å². The first-order valence-electron chi connectivity index (χ1n) is 15.0. The van der Waals surface area contributed by atoms with Crippen molar-refractivity contribution >= 4 is 29.6 Å². The second-order valence-electron chi connectivity index (χ2n) is 11.4. The third-order valence-electron chi connectivity index (χ3n) is 7.77. The highest BCUT2D eigenvalue weighted by atomic mass is 16.4. The van der Waals surface area contributed by atoms with Crippen molar-refractivity contribution in [3.63, 3.8) is 0 Å². The molecule has 0 spiro atoms. The second kappa shape index (κ2) is 18.6. The predicted molar refractivity (Wildman–Crippen MR) is 156 cm³/mol. The van der Waals surface area contributed by atoms with Crippen molar-refractivity contribution in [3.8, 4) is 0 Å². The van der Waals surface area contributed by atoms with Crippen LogP contribution in [0.2, 0.25) is 0 Å². The molecular formula is C28H53N7O6. The van der Waals surface area contributed by atoms with Crippen LogP contribution in [0.25, 0.3) is 0 Å². The molecule has 0 aromatic heterocycles. The first-order valence-corrected chi connectivity index (χ1v) is 15.0. The summed E-state index contributed by atoms with van der Waals surface area (Å²) in [5.74, 6) is -3.44. The first kappa shape index (κ1) is 36.3. The molecule has 0 aromatic carbocycles. The summed E-state index contributed by atoms with van der Waals surface area (Å²) in [6, 6.07) is -4.55. The van der Waals surface area contributed by atoms with E-state index in [1.165, 1.54) is 4.90 Å². The van der Waals surface area contributed by atoms with Crippen LogP contribution in [0, 0.1) is 11.8 Å². The van der Waals surface area contributed by atoms with Crippen LogP contribution in [0.3, 0.4) is 0 Å². The maximum Gasteiger partial charge on any atom is 0.326 e. The Morgan fingerprint density at radius 2 is 1.46 bits per heavy atom. The molecule has 1 rings (SSSR count). The number of nitrogens with zero attached hydrogens (tertiary/aromatic N) is 1. The molecule has 10 N–H and O–H groups in total. The van der Waals surface area contributed by atoms with Crippen molar-refractivity contribution in [1.82, 2.24) is 20.9 Å². The van der Waals surface area contributed by atoms with E-state index in [4.69, 9.17) is 17.2 Å². The summed E-state index contributed by atoms with van der Waals surface area (Å²) in [6.45, 7) is 8.53. The van der Waals surface area contributed by atoms with Crippen molar-refractivity contribution in [2.45, 2.75) is 116 Å². The number of nitrogens with two attached hydrogens (primary N) is 3. The van der Waals surface area contributed by atoms with Gasteiger partial charge in [-0.05, 0) is 76.3 Å². The van der Waals surface area contributed by atoms with E-state index < -0.39 is 59.8 Å². The van der Waals surface area contributed by atoms with Crippen LogP contribution in [-0.2, 0) is 24.0 Å². The van der Waals surface area contributed by atoms with Gasteiger partial charge in [-0.3, -0.25) is 19.2 Å². The van der Waals surface area contributed by atoms with Crippen LogP contribution in [0.4, 0.5) is 0 Å². The number of hydrogen-bond donors (Lipinski definition) is 7. The number of carbonyl (C=O) groups is 5. The van der Waals surface area contributed by atoms with Gasteiger partial charge in [0.1, 0.15) is 24.2 Å². The molecule has 0 saturated carbocycles. The lowest BCUT2D eigenvalue weighted by Gasteiger charge is -2.32. The molecule has 0 unspecified atom stereocenters. The van der Waals surface area contributed by atoms with Crippen LogP contribution in [0.1, 0.15) is 85.5 Å². The molecule has 0 aliphatic carbocycles. The van der Waals surface area contributed by atoms with Gasteiger partial charge in [0.05, 0.1) is 6.04 Å². The van der Waals surface area contributed by atoms with Crippen molar-refractivity contribution in [1.29, 1.82) is 0 Å². The molecule has 4 amide bonds. The van der Waals surface area contributed by atoms with Gasteiger partial charge in [0, 0.05) is 6.54 Å². The summed E-state index contributed by atoms with van der Waals surface area (Å²) < 4.78 is 0. The Hall–Kier alpha value is -2.77. The number of hydrogen-bond acceptors (Lipinski definition) is 8. The predicted octanol–water partition coefficient (Wildman–Crippen LogP) is -0.196. The molecule has 1 aliphatic rings. The number of amides is 4. The number of carboxylic acid groups (broad SMARTS) is 1. The Morgan fingerprint density at radius 3 is 1.98 bits per heavy atom. The van der Waals surface area contributed by atoms with E-state index in [0.717, 1.165) is 0 Å². The molecule has 0 bridgehead atoms. The highest BCUT2D eigenvalue weighted by Gasteiger charge is 2.40. The Labute approximate surface area is 244 Å². The number of carbonyl (C=O) groups excluding carboxylic acids is 4. The quantitative estimate of drug-likeness (QED) is 0.0999. The van der Waals surface area contributed by atoms with Gasteiger partial charge < -0.3 is 43.2 Å². The lowest BCUT2D eigenvalue weighted by Crippen LogP contribution is -2.59. The fraction of sp³-hybridized carbons (Fsp3) is 0.821. The topological polar surface area (TPSA) is 223 Å². The largest absolute Gasteiger partial charge is 0.480 e. The molecule has 1 saturated heterocycles. The second-order valence-corrected chi connectivity index (χ2v) is 11.4. The molecule has 0 radical (unpaired) electrons. The maximum absolute atomic E-state index is 13.7. The first-order chi connectivity index (χ1) is 19.4. The summed E-state index contributed by atoms with van der Waals surface area (Å²) in [5, 5.41) is 17.7. The summed E-state index contributed by atoms with van der Waals surface area (Å²) >= 11 is 0. The lowest BCUT2D eigenvalue weighted by atomic mass is 9.98. The van der Waals surface area contributed by atoms with E-state index in [9.17, 15) is 29.1 Å². The highest BCUT2D eigenvalue weighted by Crippen LogP contribution is 2.21.